The minimum atomic E-state index is -3.62. The van der Waals surface area contributed by atoms with Crippen LogP contribution in [0.5, 0.6) is 17.2 Å². The molecule has 1 heterocycles. The highest BCUT2D eigenvalue weighted by atomic mass is 32.2. The second-order valence-electron chi connectivity index (χ2n) is 6.74. The van der Waals surface area contributed by atoms with E-state index in [4.69, 9.17) is 14.2 Å². The maximum atomic E-state index is 12.6. The number of aryl methyl sites for hydroxylation is 2. The number of rotatable bonds is 6. The molecule has 0 amide bonds. The van der Waals surface area contributed by atoms with Gasteiger partial charge in [-0.05, 0) is 60.6 Å². The Morgan fingerprint density at radius 3 is 2.56 bits per heavy atom. The summed E-state index contributed by atoms with van der Waals surface area (Å²) in [4.78, 5) is 0.174. The van der Waals surface area contributed by atoms with Crippen molar-refractivity contribution in [2.75, 3.05) is 26.9 Å². The molecule has 6 nitrogen and oxygen atoms in total. The predicted molar refractivity (Wildman–Crippen MR) is 101 cm³/mol. The van der Waals surface area contributed by atoms with E-state index < -0.39 is 10.0 Å². The van der Waals surface area contributed by atoms with E-state index in [1.165, 1.54) is 29.7 Å². The van der Waals surface area contributed by atoms with Crippen molar-refractivity contribution in [1.29, 1.82) is 0 Å². The van der Waals surface area contributed by atoms with E-state index in [1.54, 1.807) is 13.2 Å². The molecule has 1 N–H and O–H groups in total. The summed E-state index contributed by atoms with van der Waals surface area (Å²) in [5, 5.41) is 0. The Morgan fingerprint density at radius 1 is 1.04 bits per heavy atom. The van der Waals surface area contributed by atoms with Crippen molar-refractivity contribution in [3.8, 4) is 17.2 Å². The average molecular weight is 389 g/mol. The molecule has 0 aromatic heterocycles. The van der Waals surface area contributed by atoms with E-state index in [0.717, 1.165) is 24.2 Å². The van der Waals surface area contributed by atoms with Gasteiger partial charge in [-0.1, -0.05) is 6.07 Å². The van der Waals surface area contributed by atoms with Gasteiger partial charge < -0.3 is 14.2 Å². The number of fused-ring (bicyclic) bond motifs is 2. The lowest BCUT2D eigenvalue weighted by Gasteiger charge is -2.19. The summed E-state index contributed by atoms with van der Waals surface area (Å²) in [6, 6.07) is 8.91. The number of hydrogen-bond acceptors (Lipinski definition) is 5. The van der Waals surface area contributed by atoms with Crippen LogP contribution in [0.2, 0.25) is 0 Å². The van der Waals surface area contributed by atoms with Crippen molar-refractivity contribution < 1.29 is 22.6 Å². The van der Waals surface area contributed by atoms with E-state index in [0.29, 0.717) is 37.7 Å². The van der Waals surface area contributed by atoms with E-state index >= 15 is 0 Å². The fourth-order valence-corrected chi connectivity index (χ4v) is 4.68. The number of benzene rings is 2. The second kappa shape index (κ2) is 7.40. The summed E-state index contributed by atoms with van der Waals surface area (Å²) < 4.78 is 44.3. The summed E-state index contributed by atoms with van der Waals surface area (Å²) in [7, 11) is -1.97. The largest absolute Gasteiger partial charge is 0.496 e. The molecule has 0 atom stereocenters. The lowest BCUT2D eigenvalue weighted by molar-refractivity contribution is 0.171. The van der Waals surface area contributed by atoms with Crippen LogP contribution in [-0.2, 0) is 29.3 Å². The Kier molecular flexibility index (Phi) is 4.97. The third kappa shape index (κ3) is 3.75. The lowest BCUT2D eigenvalue weighted by Crippen LogP contribution is -2.26. The van der Waals surface area contributed by atoms with Crippen LogP contribution >= 0.6 is 0 Å². The molecule has 7 heteroatoms. The van der Waals surface area contributed by atoms with Gasteiger partial charge in [0.2, 0.25) is 10.0 Å². The number of nitrogens with one attached hydrogen (secondary N) is 1. The van der Waals surface area contributed by atoms with E-state index in [1.807, 2.05) is 0 Å². The highest BCUT2D eigenvalue weighted by Gasteiger charge is 2.20. The van der Waals surface area contributed by atoms with Gasteiger partial charge in [0.1, 0.15) is 19.0 Å². The van der Waals surface area contributed by atoms with Crippen molar-refractivity contribution in [3.05, 3.63) is 47.0 Å². The molecule has 2 aromatic rings. The maximum Gasteiger partial charge on any atom is 0.240 e. The van der Waals surface area contributed by atoms with Crippen molar-refractivity contribution in [3.63, 3.8) is 0 Å². The first-order valence-electron chi connectivity index (χ1n) is 9.15. The number of hydrogen-bond donors (Lipinski definition) is 1. The third-order valence-corrected chi connectivity index (χ3v) is 6.46. The van der Waals surface area contributed by atoms with Gasteiger partial charge in [0.05, 0.1) is 12.0 Å². The topological polar surface area (TPSA) is 73.9 Å². The number of ether oxygens (including phenoxy) is 3. The lowest BCUT2D eigenvalue weighted by atomic mass is 10.0. The summed E-state index contributed by atoms with van der Waals surface area (Å²) in [5.74, 6) is 1.86. The zero-order valence-electron chi connectivity index (χ0n) is 15.3. The fraction of sp³-hybridized carbons (Fsp3) is 0.400. The monoisotopic (exact) mass is 389 g/mol. The molecule has 0 spiro atoms. The Hall–Kier alpha value is -2.25. The van der Waals surface area contributed by atoms with Crippen LogP contribution in [0.3, 0.4) is 0 Å². The Balaban J connectivity index is 1.46. The van der Waals surface area contributed by atoms with Crippen LogP contribution in [0, 0.1) is 0 Å². The summed E-state index contributed by atoms with van der Waals surface area (Å²) in [6.07, 6.45) is 3.90. The molecule has 0 bridgehead atoms. The minimum absolute atomic E-state index is 0.174. The van der Waals surface area contributed by atoms with Gasteiger partial charge in [-0.15, -0.1) is 0 Å². The molecule has 2 aliphatic rings. The molecule has 0 saturated carbocycles. The quantitative estimate of drug-likeness (QED) is 0.822. The zero-order valence-corrected chi connectivity index (χ0v) is 16.1. The Bertz CT molecular complexity index is 955. The zero-order chi connectivity index (χ0) is 18.9. The molecule has 0 unspecified atom stereocenters. The molecule has 0 saturated heterocycles. The van der Waals surface area contributed by atoms with Crippen LogP contribution < -0.4 is 18.9 Å². The van der Waals surface area contributed by atoms with Crippen LogP contribution in [0.1, 0.15) is 23.1 Å². The van der Waals surface area contributed by atoms with Crippen molar-refractivity contribution in [2.45, 2.75) is 30.6 Å². The van der Waals surface area contributed by atoms with Crippen LogP contribution in [0.15, 0.2) is 35.2 Å². The smallest absolute Gasteiger partial charge is 0.240 e. The molecule has 144 valence electrons. The molecule has 0 radical (unpaired) electrons. The minimum Gasteiger partial charge on any atom is -0.496 e. The van der Waals surface area contributed by atoms with E-state index in [2.05, 4.69) is 16.9 Å². The van der Waals surface area contributed by atoms with Gasteiger partial charge in [0.25, 0.3) is 0 Å². The summed E-state index contributed by atoms with van der Waals surface area (Å²) in [5.41, 5.74) is 3.72. The molecule has 1 aliphatic heterocycles. The summed E-state index contributed by atoms with van der Waals surface area (Å²) >= 11 is 0. The first-order chi connectivity index (χ1) is 13.1. The van der Waals surface area contributed by atoms with Gasteiger partial charge in [-0.3, -0.25) is 0 Å². The highest BCUT2D eigenvalue weighted by molar-refractivity contribution is 7.89. The Morgan fingerprint density at radius 2 is 1.78 bits per heavy atom. The molecule has 1 aliphatic carbocycles. The first-order valence-corrected chi connectivity index (χ1v) is 10.6. The SMILES string of the molecule is COc1cc2c(cc1CCNS(=O)(=O)c1ccc3c(c1)OCCO3)CCC2. The van der Waals surface area contributed by atoms with Gasteiger partial charge in [-0.2, -0.15) is 0 Å². The van der Waals surface area contributed by atoms with Crippen LogP contribution in [-0.4, -0.2) is 35.3 Å². The van der Waals surface area contributed by atoms with Crippen molar-refractivity contribution in [2.24, 2.45) is 0 Å². The van der Waals surface area contributed by atoms with Gasteiger partial charge in [0.15, 0.2) is 11.5 Å². The molecule has 2 aromatic carbocycles. The van der Waals surface area contributed by atoms with Gasteiger partial charge in [0, 0.05) is 12.6 Å². The van der Waals surface area contributed by atoms with Gasteiger partial charge >= 0.3 is 0 Å². The third-order valence-electron chi connectivity index (χ3n) is 5.01. The van der Waals surface area contributed by atoms with E-state index in [9.17, 15) is 8.42 Å². The summed E-state index contributed by atoms with van der Waals surface area (Å²) in [6.45, 7) is 1.19. The highest BCUT2D eigenvalue weighted by Crippen LogP contribution is 2.32. The number of sulfonamides is 1. The Labute approximate surface area is 159 Å². The van der Waals surface area contributed by atoms with Crippen molar-refractivity contribution >= 4 is 10.0 Å². The molecule has 0 fully saturated rings. The first kappa shape index (κ1) is 18.1. The fourth-order valence-electron chi connectivity index (χ4n) is 3.63. The standard InChI is InChI=1S/C20H23NO5S/c1-24-19-12-15-4-2-3-14(15)11-16(19)7-8-21-27(22,23)17-5-6-18-20(13-17)26-10-9-25-18/h5-6,11-13,21H,2-4,7-10H2,1H3. The average Bonchev–Trinajstić information content (AvgIpc) is 3.14. The van der Waals surface area contributed by atoms with Gasteiger partial charge in [-0.25, -0.2) is 13.1 Å². The van der Waals surface area contributed by atoms with E-state index in [-0.39, 0.29) is 4.90 Å². The molecule has 4 rings (SSSR count). The molecular formula is C20H23NO5S. The van der Waals surface area contributed by atoms with Crippen molar-refractivity contribution in [1.82, 2.24) is 4.72 Å². The van der Waals surface area contributed by atoms with Crippen LogP contribution in [0.25, 0.3) is 0 Å². The predicted octanol–water partition coefficient (Wildman–Crippen LogP) is 2.48. The maximum absolute atomic E-state index is 12.6. The van der Waals surface area contributed by atoms with Crippen LogP contribution in [0.4, 0.5) is 0 Å². The number of methoxy groups -OCH3 is 1. The second-order valence-corrected chi connectivity index (χ2v) is 8.51. The molecule has 27 heavy (non-hydrogen) atoms. The molecular weight excluding hydrogens is 366 g/mol. The normalized spacial score (nSPS) is 15.4.